The van der Waals surface area contributed by atoms with Gasteiger partial charge in [0.15, 0.2) is 6.10 Å². The number of alkyl halides is 3. The minimum Gasteiger partial charge on any atom is -0.382 e. The molecule has 86 valence electrons. The molecule has 0 spiro atoms. The number of halogens is 3. The van der Waals surface area contributed by atoms with Gasteiger partial charge in [0.2, 0.25) is 0 Å². The Balaban J connectivity index is 2.38. The lowest BCUT2D eigenvalue weighted by molar-refractivity contribution is -0.202. The lowest BCUT2D eigenvalue weighted by Crippen LogP contribution is -2.39. The SMILES string of the molecule is CC(NCC(O)C(F)(F)F)c1cscn1. The molecular formula is C8H11F3N2OS. The Labute approximate surface area is 89.0 Å². The van der Waals surface area contributed by atoms with Crippen LogP contribution in [0.25, 0.3) is 0 Å². The predicted octanol–water partition coefficient (Wildman–Crippen LogP) is 1.72. The first-order valence-corrected chi connectivity index (χ1v) is 5.22. The number of thiazole rings is 1. The van der Waals surface area contributed by atoms with Crippen LogP contribution in [-0.2, 0) is 0 Å². The van der Waals surface area contributed by atoms with Crippen molar-refractivity contribution in [1.29, 1.82) is 0 Å². The molecule has 0 saturated carbocycles. The van der Waals surface area contributed by atoms with Gasteiger partial charge in [0.25, 0.3) is 0 Å². The average molecular weight is 240 g/mol. The Morgan fingerprint density at radius 2 is 2.27 bits per heavy atom. The summed E-state index contributed by atoms with van der Waals surface area (Å²) in [5.41, 5.74) is 2.28. The number of hydrogen-bond donors (Lipinski definition) is 2. The number of aliphatic hydroxyl groups is 1. The maximum Gasteiger partial charge on any atom is 0.415 e. The predicted molar refractivity (Wildman–Crippen MR) is 50.6 cm³/mol. The lowest BCUT2D eigenvalue weighted by atomic mass is 10.2. The third-order valence-corrected chi connectivity index (χ3v) is 2.49. The third kappa shape index (κ3) is 3.77. The number of rotatable bonds is 4. The molecule has 0 radical (unpaired) electrons. The standard InChI is InChI=1S/C8H11F3N2OS/c1-5(6-3-15-4-13-6)12-2-7(14)8(9,10)11/h3-5,7,12,14H,2H2,1H3. The first kappa shape index (κ1) is 12.4. The molecule has 1 rings (SSSR count). The highest BCUT2D eigenvalue weighted by Gasteiger charge is 2.37. The molecule has 0 fully saturated rings. The Bertz CT molecular complexity index is 289. The Morgan fingerprint density at radius 1 is 1.60 bits per heavy atom. The average Bonchev–Trinajstić information content (AvgIpc) is 2.64. The number of aromatic nitrogens is 1. The minimum absolute atomic E-state index is 0.298. The van der Waals surface area contributed by atoms with E-state index in [2.05, 4.69) is 10.3 Å². The van der Waals surface area contributed by atoms with Crippen LogP contribution in [0.4, 0.5) is 13.2 Å². The fourth-order valence-corrected chi connectivity index (χ4v) is 1.59. The molecule has 0 aliphatic carbocycles. The molecule has 0 saturated heterocycles. The molecule has 0 amide bonds. The zero-order chi connectivity index (χ0) is 11.5. The number of nitrogens with zero attached hydrogens (tertiary/aromatic N) is 1. The van der Waals surface area contributed by atoms with Crippen molar-refractivity contribution in [3.05, 3.63) is 16.6 Å². The van der Waals surface area contributed by atoms with E-state index in [1.54, 1.807) is 17.8 Å². The van der Waals surface area contributed by atoms with E-state index in [0.717, 1.165) is 0 Å². The van der Waals surface area contributed by atoms with Gasteiger partial charge in [-0.15, -0.1) is 11.3 Å². The van der Waals surface area contributed by atoms with Gasteiger partial charge in [-0.05, 0) is 6.92 Å². The molecule has 7 heteroatoms. The van der Waals surface area contributed by atoms with E-state index in [-0.39, 0.29) is 6.04 Å². The highest BCUT2D eigenvalue weighted by molar-refractivity contribution is 7.07. The van der Waals surface area contributed by atoms with Crippen molar-refractivity contribution in [2.45, 2.75) is 25.2 Å². The van der Waals surface area contributed by atoms with E-state index < -0.39 is 18.8 Å². The fourth-order valence-electron chi connectivity index (χ4n) is 0.944. The topological polar surface area (TPSA) is 45.1 Å². The van der Waals surface area contributed by atoms with Gasteiger partial charge in [0.1, 0.15) is 0 Å². The van der Waals surface area contributed by atoms with Crippen LogP contribution in [0.3, 0.4) is 0 Å². The second kappa shape index (κ2) is 4.91. The maximum atomic E-state index is 11.9. The van der Waals surface area contributed by atoms with Crippen LogP contribution in [-0.4, -0.2) is 28.9 Å². The summed E-state index contributed by atoms with van der Waals surface area (Å²) in [5, 5.41) is 13.0. The van der Waals surface area contributed by atoms with Crippen molar-refractivity contribution >= 4 is 11.3 Å². The second-order valence-corrected chi connectivity index (χ2v) is 3.82. The summed E-state index contributed by atoms with van der Waals surface area (Å²) >= 11 is 1.37. The Kier molecular flexibility index (Phi) is 4.06. The summed E-state index contributed by atoms with van der Waals surface area (Å²) in [6.07, 6.45) is -6.91. The lowest BCUT2D eigenvalue weighted by Gasteiger charge is -2.17. The number of aliphatic hydroxyl groups excluding tert-OH is 1. The molecule has 3 nitrogen and oxygen atoms in total. The molecule has 1 aromatic rings. The largest absolute Gasteiger partial charge is 0.415 e. The van der Waals surface area contributed by atoms with Gasteiger partial charge in [-0.25, -0.2) is 4.98 Å². The van der Waals surface area contributed by atoms with E-state index >= 15 is 0 Å². The Hall–Kier alpha value is -0.660. The summed E-state index contributed by atoms with van der Waals surface area (Å²) in [7, 11) is 0. The van der Waals surface area contributed by atoms with Crippen molar-refractivity contribution in [3.8, 4) is 0 Å². The molecule has 2 atom stereocenters. The van der Waals surface area contributed by atoms with Crippen molar-refractivity contribution < 1.29 is 18.3 Å². The van der Waals surface area contributed by atoms with Crippen LogP contribution >= 0.6 is 11.3 Å². The van der Waals surface area contributed by atoms with Gasteiger partial charge >= 0.3 is 6.18 Å². The maximum absolute atomic E-state index is 11.9. The first-order chi connectivity index (χ1) is 6.91. The van der Waals surface area contributed by atoms with E-state index in [1.807, 2.05) is 0 Å². The minimum atomic E-state index is -4.57. The summed E-state index contributed by atoms with van der Waals surface area (Å²) in [6, 6.07) is -0.298. The van der Waals surface area contributed by atoms with Crippen LogP contribution in [0.2, 0.25) is 0 Å². The van der Waals surface area contributed by atoms with E-state index in [1.165, 1.54) is 11.3 Å². The van der Waals surface area contributed by atoms with Gasteiger partial charge in [0, 0.05) is 18.0 Å². The zero-order valence-electron chi connectivity index (χ0n) is 7.95. The molecule has 0 aromatic carbocycles. The third-order valence-electron chi connectivity index (χ3n) is 1.89. The number of hydrogen-bond acceptors (Lipinski definition) is 4. The molecule has 1 heterocycles. The molecule has 0 bridgehead atoms. The monoisotopic (exact) mass is 240 g/mol. The van der Waals surface area contributed by atoms with Crippen molar-refractivity contribution in [2.24, 2.45) is 0 Å². The summed E-state index contributed by atoms with van der Waals surface area (Å²) < 4.78 is 35.8. The van der Waals surface area contributed by atoms with Crippen LogP contribution < -0.4 is 5.32 Å². The highest BCUT2D eigenvalue weighted by Crippen LogP contribution is 2.20. The normalized spacial score (nSPS) is 16.3. The number of nitrogens with one attached hydrogen (secondary N) is 1. The molecule has 2 unspecified atom stereocenters. The second-order valence-electron chi connectivity index (χ2n) is 3.10. The van der Waals surface area contributed by atoms with E-state index in [0.29, 0.717) is 5.69 Å². The molecule has 0 aliphatic heterocycles. The molecule has 1 aromatic heterocycles. The fraction of sp³-hybridized carbons (Fsp3) is 0.625. The Morgan fingerprint density at radius 3 is 2.73 bits per heavy atom. The van der Waals surface area contributed by atoms with Gasteiger partial charge < -0.3 is 10.4 Å². The first-order valence-electron chi connectivity index (χ1n) is 4.27. The van der Waals surface area contributed by atoms with Gasteiger partial charge in [0.05, 0.1) is 11.2 Å². The summed E-state index contributed by atoms with van der Waals surface area (Å²) in [5.74, 6) is 0. The summed E-state index contributed by atoms with van der Waals surface area (Å²) in [4.78, 5) is 3.95. The van der Waals surface area contributed by atoms with E-state index in [9.17, 15) is 13.2 Å². The van der Waals surface area contributed by atoms with E-state index in [4.69, 9.17) is 5.11 Å². The van der Waals surface area contributed by atoms with Crippen LogP contribution in [0, 0.1) is 0 Å². The van der Waals surface area contributed by atoms with Crippen LogP contribution in [0.15, 0.2) is 10.9 Å². The van der Waals surface area contributed by atoms with Crippen LogP contribution in [0.5, 0.6) is 0 Å². The zero-order valence-corrected chi connectivity index (χ0v) is 8.77. The molecular weight excluding hydrogens is 229 g/mol. The highest BCUT2D eigenvalue weighted by atomic mass is 32.1. The smallest absolute Gasteiger partial charge is 0.382 e. The van der Waals surface area contributed by atoms with Gasteiger partial charge in [-0.1, -0.05) is 0 Å². The van der Waals surface area contributed by atoms with Gasteiger partial charge in [-0.2, -0.15) is 13.2 Å². The molecule has 15 heavy (non-hydrogen) atoms. The molecule has 0 aliphatic rings. The van der Waals surface area contributed by atoms with Crippen LogP contribution in [0.1, 0.15) is 18.7 Å². The van der Waals surface area contributed by atoms with Crippen molar-refractivity contribution in [2.75, 3.05) is 6.54 Å². The summed E-state index contributed by atoms with van der Waals surface area (Å²) in [6.45, 7) is 1.17. The van der Waals surface area contributed by atoms with Crippen molar-refractivity contribution in [1.82, 2.24) is 10.3 Å². The quantitative estimate of drug-likeness (QED) is 0.842. The van der Waals surface area contributed by atoms with Gasteiger partial charge in [-0.3, -0.25) is 0 Å². The van der Waals surface area contributed by atoms with Crippen molar-refractivity contribution in [3.63, 3.8) is 0 Å². The molecule has 2 N–H and O–H groups in total.